The molecule has 2 aromatic carbocycles. The van der Waals surface area contributed by atoms with Crippen molar-refractivity contribution in [2.45, 2.75) is 64.8 Å². The molecule has 0 radical (unpaired) electrons. The third-order valence-corrected chi connectivity index (χ3v) is 7.85. The monoisotopic (exact) mass is 612 g/mol. The van der Waals surface area contributed by atoms with Gasteiger partial charge in [-0.1, -0.05) is 12.1 Å². The Labute approximate surface area is 241 Å². The highest BCUT2D eigenvalue weighted by molar-refractivity contribution is 9.10. The van der Waals surface area contributed by atoms with Crippen LogP contribution in [0.2, 0.25) is 0 Å². The number of benzene rings is 2. The minimum absolute atomic E-state index is 0.184. The lowest BCUT2D eigenvalue weighted by Gasteiger charge is -2.26. The van der Waals surface area contributed by atoms with Gasteiger partial charge in [0.15, 0.2) is 0 Å². The minimum atomic E-state index is -0.846. The Kier molecular flexibility index (Phi) is 7.28. The maximum Gasteiger partial charge on any atom is 0.410 e. The molecule has 11 heteroatoms. The van der Waals surface area contributed by atoms with E-state index in [-0.39, 0.29) is 30.8 Å². The van der Waals surface area contributed by atoms with Crippen LogP contribution in [0.15, 0.2) is 40.9 Å². The van der Waals surface area contributed by atoms with Crippen molar-refractivity contribution in [3.63, 3.8) is 0 Å². The first-order valence-electron chi connectivity index (χ1n) is 13.3. The minimum Gasteiger partial charge on any atom is -0.490 e. The molecule has 5 amide bonds. The summed E-state index contributed by atoms with van der Waals surface area (Å²) in [7, 11) is 0. The molecule has 5 rings (SSSR count). The normalized spacial score (nSPS) is 20.8. The molecular formula is C29H33BrN4O6. The number of fused-ring (bicyclic) bond motifs is 1. The first-order valence-corrected chi connectivity index (χ1v) is 14.1. The zero-order valence-corrected chi connectivity index (χ0v) is 24.6. The lowest BCUT2D eigenvalue weighted by molar-refractivity contribution is -0.122. The summed E-state index contributed by atoms with van der Waals surface area (Å²) >= 11 is 3.50. The molecule has 0 spiro atoms. The van der Waals surface area contributed by atoms with Gasteiger partial charge in [0.05, 0.1) is 23.2 Å². The van der Waals surface area contributed by atoms with Crippen LogP contribution in [-0.4, -0.2) is 53.1 Å². The number of nitrogens with zero attached hydrogens (tertiary/aromatic N) is 2. The van der Waals surface area contributed by atoms with Crippen LogP contribution in [0.1, 0.15) is 62.0 Å². The zero-order chi connectivity index (χ0) is 28.8. The van der Waals surface area contributed by atoms with Gasteiger partial charge in [-0.05, 0) is 92.2 Å². The molecule has 2 aliphatic heterocycles. The highest BCUT2D eigenvalue weighted by Crippen LogP contribution is 2.43. The topological polar surface area (TPSA) is 117 Å². The Hall–Kier alpha value is -3.60. The molecular weight excluding hydrogens is 580 g/mol. The van der Waals surface area contributed by atoms with E-state index in [1.807, 2.05) is 20.8 Å². The smallest absolute Gasteiger partial charge is 0.410 e. The third-order valence-electron chi connectivity index (χ3n) is 7.26. The molecule has 10 nitrogen and oxygen atoms in total. The molecule has 2 fully saturated rings. The molecule has 1 saturated heterocycles. The Morgan fingerprint density at radius 3 is 2.52 bits per heavy atom. The lowest BCUT2D eigenvalue weighted by Crippen LogP contribution is -2.46. The molecule has 0 bridgehead atoms. The summed E-state index contributed by atoms with van der Waals surface area (Å²) < 4.78 is 12.0. The van der Waals surface area contributed by atoms with Gasteiger partial charge in [-0.3, -0.25) is 9.59 Å². The van der Waals surface area contributed by atoms with Crippen LogP contribution >= 0.6 is 15.9 Å². The fourth-order valence-electron chi connectivity index (χ4n) is 4.96. The van der Waals surface area contributed by atoms with E-state index in [4.69, 9.17) is 9.47 Å². The SMILES string of the molecule is CC(C)(C)OC(=O)N1CCOc2c(Br)cc(C(=O)NCc3ccc(N4C(=O)NC(C)(C5CC5)C4=O)cc3)cc2C1. The van der Waals surface area contributed by atoms with Crippen LogP contribution in [0, 0.1) is 5.92 Å². The Bertz CT molecular complexity index is 1370. The van der Waals surface area contributed by atoms with Crippen molar-refractivity contribution in [1.82, 2.24) is 15.5 Å². The first kappa shape index (κ1) is 27.9. The maximum atomic E-state index is 13.1. The second-order valence-corrected chi connectivity index (χ2v) is 12.4. The largest absolute Gasteiger partial charge is 0.490 e. The van der Waals surface area contributed by atoms with Crippen LogP contribution in [0.3, 0.4) is 0 Å². The van der Waals surface area contributed by atoms with Gasteiger partial charge < -0.3 is 25.0 Å². The fourth-order valence-corrected chi connectivity index (χ4v) is 5.58. The number of anilines is 1. The van der Waals surface area contributed by atoms with Crippen molar-refractivity contribution < 1.29 is 28.7 Å². The van der Waals surface area contributed by atoms with Gasteiger partial charge in [0, 0.05) is 17.7 Å². The summed E-state index contributed by atoms with van der Waals surface area (Å²) in [5.74, 6) is 0.249. The quantitative estimate of drug-likeness (QED) is 0.471. The van der Waals surface area contributed by atoms with Crippen LogP contribution < -0.4 is 20.3 Å². The van der Waals surface area contributed by atoms with Crippen molar-refractivity contribution in [3.8, 4) is 5.75 Å². The highest BCUT2D eigenvalue weighted by Gasteiger charge is 2.56. The Balaban J connectivity index is 1.24. The van der Waals surface area contributed by atoms with Crippen molar-refractivity contribution in [1.29, 1.82) is 0 Å². The van der Waals surface area contributed by atoms with Crippen LogP contribution in [0.5, 0.6) is 5.75 Å². The van der Waals surface area contributed by atoms with Gasteiger partial charge in [-0.25, -0.2) is 14.5 Å². The summed E-state index contributed by atoms with van der Waals surface area (Å²) in [5.41, 5.74) is 0.936. The molecule has 2 N–H and O–H groups in total. The van der Waals surface area contributed by atoms with Gasteiger partial charge in [0.2, 0.25) is 0 Å². The molecule has 1 atom stereocenters. The zero-order valence-electron chi connectivity index (χ0n) is 23.0. The van der Waals surface area contributed by atoms with E-state index in [1.54, 1.807) is 48.2 Å². The van der Waals surface area contributed by atoms with E-state index in [2.05, 4.69) is 26.6 Å². The Morgan fingerprint density at radius 2 is 1.88 bits per heavy atom. The average molecular weight is 614 g/mol. The number of amides is 5. The van der Waals surface area contributed by atoms with E-state index < -0.39 is 23.3 Å². The van der Waals surface area contributed by atoms with E-state index in [1.165, 1.54) is 4.90 Å². The number of rotatable bonds is 5. The number of urea groups is 1. The predicted molar refractivity (Wildman–Crippen MR) is 151 cm³/mol. The molecule has 2 heterocycles. The van der Waals surface area contributed by atoms with E-state index in [0.29, 0.717) is 40.2 Å². The lowest BCUT2D eigenvalue weighted by atomic mass is 9.96. The van der Waals surface area contributed by atoms with E-state index >= 15 is 0 Å². The van der Waals surface area contributed by atoms with E-state index in [9.17, 15) is 19.2 Å². The van der Waals surface area contributed by atoms with Gasteiger partial charge >= 0.3 is 12.1 Å². The van der Waals surface area contributed by atoms with Crippen molar-refractivity contribution >= 4 is 45.6 Å². The first-order chi connectivity index (χ1) is 18.9. The summed E-state index contributed by atoms with van der Waals surface area (Å²) in [6, 6.07) is 9.97. The van der Waals surface area contributed by atoms with Gasteiger partial charge in [0.25, 0.3) is 11.8 Å². The summed E-state index contributed by atoms with van der Waals surface area (Å²) in [4.78, 5) is 54.0. The number of carbonyl (C=O) groups is 4. The molecule has 1 unspecified atom stereocenters. The number of hydrogen-bond donors (Lipinski definition) is 2. The summed E-state index contributed by atoms with van der Waals surface area (Å²) in [5, 5.41) is 5.76. The fraction of sp³-hybridized carbons (Fsp3) is 0.448. The third kappa shape index (κ3) is 5.65. The highest BCUT2D eigenvalue weighted by atomic mass is 79.9. The number of ether oxygens (including phenoxy) is 2. The second kappa shape index (κ2) is 10.4. The molecule has 2 aromatic rings. The number of imide groups is 1. The summed E-state index contributed by atoms with van der Waals surface area (Å²) in [6.07, 6.45) is 1.43. The molecule has 0 aromatic heterocycles. The molecule has 1 saturated carbocycles. The summed E-state index contributed by atoms with van der Waals surface area (Å²) in [6.45, 7) is 8.38. The number of nitrogens with one attached hydrogen (secondary N) is 2. The number of halogens is 1. The molecule has 212 valence electrons. The van der Waals surface area contributed by atoms with Crippen LogP contribution in [0.25, 0.3) is 0 Å². The van der Waals surface area contributed by atoms with Crippen molar-refractivity contribution in [3.05, 3.63) is 57.6 Å². The molecule has 3 aliphatic rings. The van der Waals surface area contributed by atoms with Crippen LogP contribution in [-0.2, 0) is 22.6 Å². The van der Waals surface area contributed by atoms with Crippen molar-refractivity contribution in [2.75, 3.05) is 18.1 Å². The standard InChI is InChI=1S/C29H33BrN4O6/c1-28(2,3)40-27(38)33-11-12-39-23-19(16-33)13-18(14-22(23)30)24(35)31-15-17-5-9-21(10-6-17)34-25(36)29(4,20-7-8-20)32-26(34)37/h5-6,9-10,13-14,20H,7-8,11-12,15-16H2,1-4H3,(H,31,35)(H,32,37). The van der Waals surface area contributed by atoms with Gasteiger partial charge in [-0.15, -0.1) is 0 Å². The Morgan fingerprint density at radius 1 is 1.18 bits per heavy atom. The van der Waals surface area contributed by atoms with E-state index in [0.717, 1.165) is 18.4 Å². The average Bonchev–Trinajstić information content (AvgIpc) is 3.72. The molecule has 40 heavy (non-hydrogen) atoms. The predicted octanol–water partition coefficient (Wildman–Crippen LogP) is 4.73. The van der Waals surface area contributed by atoms with Gasteiger partial charge in [0.1, 0.15) is 23.5 Å². The number of hydrogen-bond acceptors (Lipinski definition) is 6. The molecule has 1 aliphatic carbocycles. The van der Waals surface area contributed by atoms with Crippen molar-refractivity contribution in [2.24, 2.45) is 5.92 Å². The van der Waals surface area contributed by atoms with Gasteiger partial charge in [-0.2, -0.15) is 0 Å². The second-order valence-electron chi connectivity index (χ2n) is 11.6. The number of carbonyl (C=O) groups excluding carboxylic acids is 4. The van der Waals surface area contributed by atoms with Crippen LogP contribution in [0.4, 0.5) is 15.3 Å². The maximum absolute atomic E-state index is 13.1.